The number of hydrogen-bond acceptors (Lipinski definition) is 5. The van der Waals surface area contributed by atoms with E-state index in [9.17, 15) is 9.59 Å². The third-order valence-corrected chi connectivity index (χ3v) is 3.52. The molecule has 0 aliphatic rings. The first-order valence-electron chi connectivity index (χ1n) is 7.40. The van der Waals surface area contributed by atoms with Crippen LogP contribution >= 0.6 is 11.6 Å². The Kier molecular flexibility index (Phi) is 6.54. The predicted octanol–water partition coefficient (Wildman–Crippen LogP) is 2.97. The fourth-order valence-corrected chi connectivity index (χ4v) is 2.18. The molecule has 0 atom stereocenters. The maximum atomic E-state index is 11.9. The number of hydrazone groups is 1. The first-order valence-corrected chi connectivity index (χ1v) is 7.78. The van der Waals surface area contributed by atoms with Crippen molar-refractivity contribution < 1.29 is 19.1 Å². The number of rotatable bonds is 6. The number of ether oxygens (including phenoxy) is 2. The Morgan fingerprint density at radius 3 is 2.48 bits per heavy atom. The van der Waals surface area contributed by atoms with Crippen LogP contribution in [0.15, 0.2) is 47.6 Å². The highest BCUT2D eigenvalue weighted by atomic mass is 35.5. The topological polar surface area (TPSA) is 77.0 Å². The molecule has 0 fully saturated rings. The first kappa shape index (κ1) is 18.5. The fraction of sp³-hybridized carbons (Fsp3) is 0.167. The lowest BCUT2D eigenvalue weighted by molar-refractivity contribution is -0.131. The number of nitrogens with zero attached hydrogens (tertiary/aromatic N) is 1. The number of nitrogens with one attached hydrogen (secondary N) is 1. The lowest BCUT2D eigenvalue weighted by Crippen LogP contribution is -2.20. The van der Waals surface area contributed by atoms with E-state index in [0.29, 0.717) is 22.1 Å². The zero-order chi connectivity index (χ0) is 18.2. The van der Waals surface area contributed by atoms with Gasteiger partial charge in [0, 0.05) is 11.9 Å². The molecule has 2 aromatic rings. The second kappa shape index (κ2) is 8.84. The van der Waals surface area contributed by atoms with Gasteiger partial charge in [-0.05, 0) is 53.6 Å². The van der Waals surface area contributed by atoms with Gasteiger partial charge in [-0.15, -0.1) is 0 Å². The van der Waals surface area contributed by atoms with Gasteiger partial charge in [-0.1, -0.05) is 11.6 Å². The maximum Gasteiger partial charge on any atom is 0.308 e. The molecule has 0 aromatic heterocycles. The van der Waals surface area contributed by atoms with E-state index in [4.69, 9.17) is 21.1 Å². The molecule has 7 heteroatoms. The van der Waals surface area contributed by atoms with E-state index in [1.54, 1.807) is 49.6 Å². The molecule has 0 heterocycles. The van der Waals surface area contributed by atoms with Crippen molar-refractivity contribution in [3.05, 3.63) is 58.6 Å². The first-order chi connectivity index (χ1) is 12.0. The van der Waals surface area contributed by atoms with Crippen LogP contribution in [-0.2, 0) is 16.0 Å². The van der Waals surface area contributed by atoms with E-state index in [-0.39, 0.29) is 18.3 Å². The lowest BCUT2D eigenvalue weighted by atomic mass is 10.1. The van der Waals surface area contributed by atoms with Crippen molar-refractivity contribution in [2.24, 2.45) is 5.10 Å². The van der Waals surface area contributed by atoms with E-state index in [0.717, 1.165) is 5.56 Å². The Morgan fingerprint density at radius 2 is 1.84 bits per heavy atom. The highest BCUT2D eigenvalue weighted by molar-refractivity contribution is 6.31. The molecule has 6 nitrogen and oxygen atoms in total. The molecular formula is C18H17ClN2O4. The van der Waals surface area contributed by atoms with Crippen molar-refractivity contribution in [1.82, 2.24) is 5.43 Å². The number of esters is 1. The highest BCUT2D eigenvalue weighted by Crippen LogP contribution is 2.22. The zero-order valence-electron chi connectivity index (χ0n) is 13.8. The number of methoxy groups -OCH3 is 1. The van der Waals surface area contributed by atoms with Gasteiger partial charge in [0.1, 0.15) is 11.5 Å². The minimum Gasteiger partial charge on any atom is -0.497 e. The molecule has 0 saturated heterocycles. The van der Waals surface area contributed by atoms with Crippen LogP contribution in [0.2, 0.25) is 5.02 Å². The molecule has 25 heavy (non-hydrogen) atoms. The molecule has 0 aliphatic heterocycles. The van der Waals surface area contributed by atoms with E-state index in [1.165, 1.54) is 13.1 Å². The van der Waals surface area contributed by atoms with E-state index in [1.807, 2.05) is 0 Å². The summed E-state index contributed by atoms with van der Waals surface area (Å²) in [6, 6.07) is 11.8. The Bertz CT molecular complexity index is 788. The Labute approximate surface area is 150 Å². The maximum absolute atomic E-state index is 11.9. The van der Waals surface area contributed by atoms with Gasteiger partial charge in [0.25, 0.3) is 0 Å². The third-order valence-electron chi connectivity index (χ3n) is 3.15. The van der Waals surface area contributed by atoms with Gasteiger partial charge in [-0.3, -0.25) is 9.59 Å². The highest BCUT2D eigenvalue weighted by Gasteiger charge is 2.08. The van der Waals surface area contributed by atoms with Crippen molar-refractivity contribution in [2.45, 2.75) is 13.3 Å². The van der Waals surface area contributed by atoms with Crippen LogP contribution in [-0.4, -0.2) is 25.2 Å². The van der Waals surface area contributed by atoms with Crippen molar-refractivity contribution in [3.8, 4) is 11.5 Å². The molecule has 0 radical (unpaired) electrons. The number of carbonyl (C=O) groups is 2. The monoisotopic (exact) mass is 360 g/mol. The minimum atomic E-state index is -0.384. The summed E-state index contributed by atoms with van der Waals surface area (Å²) in [5.74, 6) is 0.387. The zero-order valence-corrected chi connectivity index (χ0v) is 14.5. The predicted molar refractivity (Wildman–Crippen MR) is 95.2 cm³/mol. The summed E-state index contributed by atoms with van der Waals surface area (Å²) in [6.07, 6.45) is 1.57. The molecule has 1 amide bonds. The molecule has 0 aliphatic carbocycles. The average Bonchev–Trinajstić information content (AvgIpc) is 2.58. The molecule has 130 valence electrons. The average molecular weight is 361 g/mol. The number of hydrogen-bond donors (Lipinski definition) is 1. The Hall–Kier alpha value is -2.86. The second-order valence-electron chi connectivity index (χ2n) is 5.09. The van der Waals surface area contributed by atoms with Gasteiger partial charge in [0.15, 0.2) is 0 Å². The SMILES string of the molecule is COc1ccc(Cl)c(CC(=O)N/N=C/c2ccc(OC(C)=O)cc2)c1. The molecule has 2 rings (SSSR count). The van der Waals surface area contributed by atoms with Gasteiger partial charge in [0.05, 0.1) is 19.7 Å². The number of amides is 1. The molecule has 0 bridgehead atoms. The summed E-state index contributed by atoms with van der Waals surface area (Å²) in [4.78, 5) is 22.8. The Balaban J connectivity index is 1.91. The quantitative estimate of drug-likeness (QED) is 0.372. The van der Waals surface area contributed by atoms with E-state index in [2.05, 4.69) is 10.5 Å². The van der Waals surface area contributed by atoms with Crippen molar-refractivity contribution in [3.63, 3.8) is 0 Å². The summed E-state index contributed by atoms with van der Waals surface area (Å²) in [5, 5.41) is 4.38. The molecule has 1 N–H and O–H groups in total. The van der Waals surface area contributed by atoms with Gasteiger partial charge >= 0.3 is 5.97 Å². The third kappa shape index (κ3) is 5.93. The van der Waals surface area contributed by atoms with Crippen LogP contribution in [0.1, 0.15) is 18.1 Å². The van der Waals surface area contributed by atoms with Gasteiger partial charge in [-0.25, -0.2) is 5.43 Å². The summed E-state index contributed by atoms with van der Waals surface area (Å²) in [6.45, 7) is 1.33. The van der Waals surface area contributed by atoms with Gasteiger partial charge in [0.2, 0.25) is 5.91 Å². The molecule has 0 spiro atoms. The number of halogens is 1. The van der Waals surface area contributed by atoms with E-state index < -0.39 is 0 Å². The standard InChI is InChI=1S/C18H17ClN2O4/c1-12(22)25-15-5-3-13(4-6-15)11-20-21-18(23)10-14-9-16(24-2)7-8-17(14)19/h3-9,11H,10H2,1-2H3,(H,21,23)/b20-11+. The minimum absolute atomic E-state index is 0.0821. The van der Waals surface area contributed by atoms with Crippen LogP contribution in [0.3, 0.4) is 0 Å². The van der Waals surface area contributed by atoms with Crippen LogP contribution in [0.25, 0.3) is 0 Å². The summed E-state index contributed by atoms with van der Waals surface area (Å²) < 4.78 is 10.0. The Morgan fingerprint density at radius 1 is 1.16 bits per heavy atom. The smallest absolute Gasteiger partial charge is 0.308 e. The van der Waals surface area contributed by atoms with Crippen LogP contribution in [0.4, 0.5) is 0 Å². The fourth-order valence-electron chi connectivity index (χ4n) is 1.99. The summed E-state index contributed by atoms with van der Waals surface area (Å²) in [7, 11) is 1.55. The number of carbonyl (C=O) groups excluding carboxylic acids is 2. The molecule has 2 aromatic carbocycles. The normalized spacial score (nSPS) is 10.5. The van der Waals surface area contributed by atoms with Crippen molar-refractivity contribution in [2.75, 3.05) is 7.11 Å². The number of benzene rings is 2. The van der Waals surface area contributed by atoms with Crippen LogP contribution < -0.4 is 14.9 Å². The van der Waals surface area contributed by atoms with E-state index >= 15 is 0 Å². The van der Waals surface area contributed by atoms with Gasteiger partial charge in [-0.2, -0.15) is 5.10 Å². The summed E-state index contributed by atoms with van der Waals surface area (Å²) in [5.41, 5.74) is 3.84. The second-order valence-corrected chi connectivity index (χ2v) is 5.50. The molecule has 0 saturated carbocycles. The van der Waals surface area contributed by atoms with Crippen molar-refractivity contribution in [1.29, 1.82) is 0 Å². The molecule has 0 unspecified atom stereocenters. The lowest BCUT2D eigenvalue weighted by Gasteiger charge is -2.06. The van der Waals surface area contributed by atoms with Crippen LogP contribution in [0, 0.1) is 0 Å². The van der Waals surface area contributed by atoms with Crippen molar-refractivity contribution >= 4 is 29.7 Å². The molecular weight excluding hydrogens is 344 g/mol. The van der Waals surface area contributed by atoms with Crippen LogP contribution in [0.5, 0.6) is 11.5 Å². The summed E-state index contributed by atoms with van der Waals surface area (Å²) >= 11 is 6.07. The van der Waals surface area contributed by atoms with Gasteiger partial charge < -0.3 is 9.47 Å². The largest absolute Gasteiger partial charge is 0.497 e.